The van der Waals surface area contributed by atoms with Crippen molar-refractivity contribution in [3.8, 4) is 0 Å². The van der Waals surface area contributed by atoms with Crippen LogP contribution in [0.25, 0.3) is 0 Å². The number of methoxy groups -OCH3 is 1. The number of nitrogens with one attached hydrogen (secondary N) is 1. The predicted molar refractivity (Wildman–Crippen MR) is 101 cm³/mol. The molecule has 6 nitrogen and oxygen atoms in total. The number of carbonyl (C=O) groups is 1. The van der Waals surface area contributed by atoms with Crippen molar-refractivity contribution in [1.82, 2.24) is 14.9 Å². The Morgan fingerprint density at radius 2 is 1.96 bits per heavy atom. The van der Waals surface area contributed by atoms with E-state index in [0.29, 0.717) is 30.6 Å². The van der Waals surface area contributed by atoms with Crippen molar-refractivity contribution in [2.24, 2.45) is 5.92 Å². The number of carbonyl (C=O) groups excluding carboxylic acids is 1. The van der Waals surface area contributed by atoms with Crippen LogP contribution in [0, 0.1) is 5.92 Å². The van der Waals surface area contributed by atoms with Gasteiger partial charge in [0.25, 0.3) is 5.91 Å². The molecule has 0 unspecified atom stereocenters. The predicted octanol–water partition coefficient (Wildman–Crippen LogP) is 2.63. The first-order chi connectivity index (χ1) is 12.8. The SMILES string of the molecule is COCCNc1cnc(C(=O)N2CCC(Cc3ccccc3)CC2)cn1. The highest BCUT2D eigenvalue weighted by Crippen LogP contribution is 2.22. The molecule has 0 bridgehead atoms. The molecule has 1 aromatic carbocycles. The third-order valence-electron chi connectivity index (χ3n) is 4.75. The van der Waals surface area contributed by atoms with Crippen molar-refractivity contribution in [1.29, 1.82) is 0 Å². The summed E-state index contributed by atoms with van der Waals surface area (Å²) in [6, 6.07) is 10.6. The number of ether oxygens (including phenoxy) is 1. The number of piperidine rings is 1. The summed E-state index contributed by atoms with van der Waals surface area (Å²) in [5.41, 5.74) is 1.78. The zero-order valence-electron chi connectivity index (χ0n) is 15.2. The molecule has 0 spiro atoms. The molecule has 1 fully saturated rings. The van der Waals surface area contributed by atoms with E-state index >= 15 is 0 Å². The first-order valence-electron chi connectivity index (χ1n) is 9.14. The number of rotatable bonds is 7. The van der Waals surface area contributed by atoms with Gasteiger partial charge >= 0.3 is 0 Å². The average Bonchev–Trinajstić information content (AvgIpc) is 2.70. The molecule has 26 heavy (non-hydrogen) atoms. The smallest absolute Gasteiger partial charge is 0.274 e. The molecule has 1 N–H and O–H groups in total. The Hall–Kier alpha value is -2.47. The minimum atomic E-state index is -0.0286. The normalized spacial score (nSPS) is 15.0. The number of hydrogen-bond acceptors (Lipinski definition) is 5. The first-order valence-corrected chi connectivity index (χ1v) is 9.14. The van der Waals surface area contributed by atoms with Gasteiger partial charge in [0, 0.05) is 26.7 Å². The molecule has 1 amide bonds. The van der Waals surface area contributed by atoms with Gasteiger partial charge in [-0.2, -0.15) is 0 Å². The van der Waals surface area contributed by atoms with Gasteiger partial charge in [-0.1, -0.05) is 30.3 Å². The molecule has 138 valence electrons. The van der Waals surface area contributed by atoms with Crippen LogP contribution in [-0.4, -0.2) is 54.1 Å². The molecule has 2 aromatic rings. The highest BCUT2D eigenvalue weighted by atomic mass is 16.5. The number of hydrogen-bond donors (Lipinski definition) is 1. The second-order valence-electron chi connectivity index (χ2n) is 6.63. The topological polar surface area (TPSA) is 67.3 Å². The standard InChI is InChI=1S/C20H26N4O2/c1-26-12-9-21-19-15-22-18(14-23-19)20(25)24-10-7-17(8-11-24)13-16-5-3-2-4-6-16/h2-6,14-15,17H,7-13H2,1H3,(H,21,23). The molecule has 6 heteroatoms. The maximum Gasteiger partial charge on any atom is 0.274 e. The van der Waals surface area contributed by atoms with Crippen LogP contribution in [0.2, 0.25) is 0 Å². The van der Waals surface area contributed by atoms with Gasteiger partial charge in [-0.05, 0) is 30.7 Å². The fraction of sp³-hybridized carbons (Fsp3) is 0.450. The van der Waals surface area contributed by atoms with Gasteiger partial charge in [0.1, 0.15) is 11.5 Å². The van der Waals surface area contributed by atoms with E-state index in [2.05, 4.69) is 39.6 Å². The summed E-state index contributed by atoms with van der Waals surface area (Å²) in [6.45, 7) is 2.82. The summed E-state index contributed by atoms with van der Waals surface area (Å²) in [5, 5.41) is 3.10. The molecule has 0 atom stereocenters. The number of likely N-dealkylation sites (tertiary alicyclic amines) is 1. The van der Waals surface area contributed by atoms with Crippen molar-refractivity contribution in [2.45, 2.75) is 19.3 Å². The van der Waals surface area contributed by atoms with Crippen molar-refractivity contribution in [3.05, 3.63) is 54.0 Å². The zero-order valence-corrected chi connectivity index (χ0v) is 15.2. The maximum absolute atomic E-state index is 12.6. The van der Waals surface area contributed by atoms with E-state index in [-0.39, 0.29) is 5.91 Å². The molecule has 0 radical (unpaired) electrons. The highest BCUT2D eigenvalue weighted by molar-refractivity contribution is 5.92. The minimum absolute atomic E-state index is 0.0286. The number of benzene rings is 1. The van der Waals surface area contributed by atoms with E-state index in [1.165, 1.54) is 5.56 Å². The van der Waals surface area contributed by atoms with Crippen LogP contribution in [0.4, 0.5) is 5.82 Å². The summed E-state index contributed by atoms with van der Waals surface area (Å²) < 4.78 is 4.98. The highest BCUT2D eigenvalue weighted by Gasteiger charge is 2.24. The second-order valence-corrected chi connectivity index (χ2v) is 6.63. The Morgan fingerprint density at radius 1 is 1.19 bits per heavy atom. The molecular weight excluding hydrogens is 328 g/mol. The minimum Gasteiger partial charge on any atom is -0.383 e. The van der Waals surface area contributed by atoms with Crippen LogP contribution in [0.15, 0.2) is 42.7 Å². The lowest BCUT2D eigenvalue weighted by atomic mass is 9.90. The summed E-state index contributed by atoms with van der Waals surface area (Å²) in [7, 11) is 1.65. The van der Waals surface area contributed by atoms with E-state index in [0.717, 1.165) is 32.4 Å². The number of nitrogens with zero attached hydrogens (tertiary/aromatic N) is 3. The maximum atomic E-state index is 12.6. The van der Waals surface area contributed by atoms with Gasteiger partial charge in [-0.15, -0.1) is 0 Å². The van der Waals surface area contributed by atoms with Gasteiger partial charge in [0.05, 0.1) is 19.0 Å². The summed E-state index contributed by atoms with van der Waals surface area (Å²) in [4.78, 5) is 23.0. The van der Waals surface area contributed by atoms with Crippen LogP contribution in [0.1, 0.15) is 28.9 Å². The van der Waals surface area contributed by atoms with Gasteiger partial charge in [-0.3, -0.25) is 4.79 Å². The largest absolute Gasteiger partial charge is 0.383 e. The van der Waals surface area contributed by atoms with Crippen LogP contribution in [0.5, 0.6) is 0 Å². The Morgan fingerprint density at radius 3 is 2.62 bits per heavy atom. The number of aromatic nitrogens is 2. The summed E-state index contributed by atoms with van der Waals surface area (Å²) >= 11 is 0. The van der Waals surface area contributed by atoms with Crippen LogP contribution < -0.4 is 5.32 Å². The third kappa shape index (κ3) is 5.02. The lowest BCUT2D eigenvalue weighted by Crippen LogP contribution is -2.39. The molecule has 2 heterocycles. The Balaban J connectivity index is 1.48. The zero-order chi connectivity index (χ0) is 18.2. The van der Waals surface area contributed by atoms with Gasteiger partial charge in [0.2, 0.25) is 0 Å². The van der Waals surface area contributed by atoms with Crippen molar-refractivity contribution in [3.63, 3.8) is 0 Å². The molecule has 1 aromatic heterocycles. The molecule has 1 aliphatic heterocycles. The van der Waals surface area contributed by atoms with Crippen LogP contribution >= 0.6 is 0 Å². The Bertz CT molecular complexity index is 683. The van der Waals surface area contributed by atoms with Gasteiger partial charge in [0.15, 0.2) is 0 Å². The molecule has 3 rings (SSSR count). The number of amides is 1. The second kappa shape index (κ2) is 9.29. The first kappa shape index (κ1) is 18.3. The van der Waals surface area contributed by atoms with Crippen molar-refractivity contribution >= 4 is 11.7 Å². The van der Waals surface area contributed by atoms with Gasteiger partial charge in [-0.25, -0.2) is 9.97 Å². The lowest BCUT2D eigenvalue weighted by Gasteiger charge is -2.31. The van der Waals surface area contributed by atoms with E-state index in [4.69, 9.17) is 4.74 Å². The molecule has 1 saturated heterocycles. The average molecular weight is 354 g/mol. The van der Waals surface area contributed by atoms with E-state index in [1.807, 2.05) is 11.0 Å². The molecule has 0 aliphatic carbocycles. The Kier molecular flexibility index (Phi) is 6.55. The van der Waals surface area contributed by atoms with Crippen LogP contribution in [-0.2, 0) is 11.2 Å². The number of anilines is 1. The van der Waals surface area contributed by atoms with Gasteiger partial charge < -0.3 is 15.0 Å². The summed E-state index contributed by atoms with van der Waals surface area (Å²) in [5.74, 6) is 1.26. The van der Waals surface area contributed by atoms with E-state index in [1.54, 1.807) is 19.5 Å². The fourth-order valence-corrected chi connectivity index (χ4v) is 3.26. The molecule has 0 saturated carbocycles. The summed E-state index contributed by atoms with van der Waals surface area (Å²) in [6.07, 6.45) is 6.30. The van der Waals surface area contributed by atoms with Crippen molar-refractivity contribution in [2.75, 3.05) is 38.7 Å². The van der Waals surface area contributed by atoms with E-state index in [9.17, 15) is 4.79 Å². The fourth-order valence-electron chi connectivity index (χ4n) is 3.26. The van der Waals surface area contributed by atoms with E-state index < -0.39 is 0 Å². The molecule has 1 aliphatic rings. The quantitative estimate of drug-likeness (QED) is 0.774. The van der Waals surface area contributed by atoms with Crippen molar-refractivity contribution < 1.29 is 9.53 Å². The lowest BCUT2D eigenvalue weighted by molar-refractivity contribution is 0.0684. The molecular formula is C20H26N4O2. The third-order valence-corrected chi connectivity index (χ3v) is 4.75. The monoisotopic (exact) mass is 354 g/mol. The Labute approximate surface area is 154 Å². The van der Waals surface area contributed by atoms with Crippen LogP contribution in [0.3, 0.4) is 0 Å².